The molecule has 144 valence electrons. The Morgan fingerprint density at radius 3 is 3.00 bits per heavy atom. The van der Waals surface area contributed by atoms with E-state index in [0.29, 0.717) is 28.7 Å². The van der Waals surface area contributed by atoms with E-state index in [4.69, 9.17) is 4.74 Å². The molecule has 2 amide bonds. The Hall–Kier alpha value is -2.62. The van der Waals surface area contributed by atoms with Gasteiger partial charge < -0.3 is 10.1 Å². The monoisotopic (exact) mass is 414 g/mol. The minimum absolute atomic E-state index is 0.0472. The molecule has 0 spiro atoms. The summed E-state index contributed by atoms with van der Waals surface area (Å²) in [6.07, 6.45) is 1.21. The molecule has 7 nitrogen and oxygen atoms in total. The number of hydrogen-bond donors (Lipinski definition) is 2. The molecular weight excluding hydrogens is 396 g/mol. The van der Waals surface area contributed by atoms with E-state index in [1.807, 2.05) is 30.5 Å². The summed E-state index contributed by atoms with van der Waals surface area (Å²) in [7, 11) is 1.60. The number of ether oxygens (including phenoxy) is 1. The Bertz CT molecular complexity index is 1060. The number of nitrogens with one attached hydrogen (secondary N) is 2. The number of anilines is 2. The van der Waals surface area contributed by atoms with Crippen LogP contribution in [0, 0.1) is 6.92 Å². The third-order valence-electron chi connectivity index (χ3n) is 4.34. The van der Waals surface area contributed by atoms with E-state index in [9.17, 15) is 9.59 Å². The van der Waals surface area contributed by atoms with E-state index in [1.54, 1.807) is 7.11 Å². The van der Waals surface area contributed by atoms with Crippen LogP contribution in [0.15, 0.2) is 23.6 Å². The lowest BCUT2D eigenvalue weighted by Gasteiger charge is -2.17. The molecule has 0 saturated heterocycles. The molecule has 0 unspecified atom stereocenters. The number of aromatic nitrogens is 2. The van der Waals surface area contributed by atoms with Crippen molar-refractivity contribution in [2.24, 2.45) is 0 Å². The maximum Gasteiger partial charge on any atom is 0.269 e. The summed E-state index contributed by atoms with van der Waals surface area (Å²) >= 11 is 2.70. The summed E-state index contributed by atoms with van der Waals surface area (Å²) in [5.41, 5.74) is 4.39. The third kappa shape index (κ3) is 3.82. The fourth-order valence-corrected chi connectivity index (χ4v) is 4.66. The summed E-state index contributed by atoms with van der Waals surface area (Å²) in [6, 6.07) is 5.87. The van der Waals surface area contributed by atoms with Crippen LogP contribution in [-0.4, -0.2) is 28.9 Å². The molecule has 3 aromatic rings. The number of methoxy groups -OCH3 is 1. The number of benzene rings is 1. The van der Waals surface area contributed by atoms with Crippen molar-refractivity contribution in [3.05, 3.63) is 44.7 Å². The van der Waals surface area contributed by atoms with Crippen LogP contribution in [0.2, 0.25) is 0 Å². The van der Waals surface area contributed by atoms with Crippen molar-refractivity contribution >= 4 is 45.3 Å². The lowest BCUT2D eigenvalue weighted by atomic mass is 9.99. The Kier molecular flexibility index (Phi) is 5.21. The largest absolute Gasteiger partial charge is 0.378 e. The number of carbonyl (C=O) groups is 2. The first-order chi connectivity index (χ1) is 13.5. The molecule has 0 saturated carbocycles. The second-order valence-electron chi connectivity index (χ2n) is 6.37. The summed E-state index contributed by atoms with van der Waals surface area (Å²) < 4.78 is 5.07. The van der Waals surface area contributed by atoms with Crippen molar-refractivity contribution in [3.63, 3.8) is 0 Å². The van der Waals surface area contributed by atoms with Crippen LogP contribution in [0.1, 0.15) is 32.4 Å². The number of amides is 2. The normalized spacial score (nSPS) is 13.1. The Balaban J connectivity index is 1.50. The lowest BCUT2D eigenvalue weighted by Crippen LogP contribution is -2.18. The number of aryl methyl sites for hydroxylation is 2. The molecule has 2 N–H and O–H groups in total. The van der Waals surface area contributed by atoms with Gasteiger partial charge in [-0.2, -0.15) is 0 Å². The zero-order valence-corrected chi connectivity index (χ0v) is 17.0. The molecule has 3 heterocycles. The molecule has 0 fully saturated rings. The highest BCUT2D eigenvalue weighted by Gasteiger charge is 2.18. The summed E-state index contributed by atoms with van der Waals surface area (Å²) in [5, 5.41) is 8.95. The number of fused-ring (bicyclic) bond motifs is 1. The van der Waals surface area contributed by atoms with Crippen LogP contribution in [0.25, 0.3) is 11.3 Å². The Labute approximate surface area is 169 Å². The number of hydrogen-bond acceptors (Lipinski definition) is 7. The van der Waals surface area contributed by atoms with Gasteiger partial charge in [0.25, 0.3) is 5.91 Å². The molecule has 1 aromatic carbocycles. The van der Waals surface area contributed by atoms with Gasteiger partial charge in [0.15, 0.2) is 5.13 Å². The minimum atomic E-state index is -0.216. The zero-order valence-electron chi connectivity index (χ0n) is 15.4. The van der Waals surface area contributed by atoms with Crippen LogP contribution in [0.5, 0.6) is 0 Å². The van der Waals surface area contributed by atoms with E-state index in [2.05, 4.69) is 20.6 Å². The van der Waals surface area contributed by atoms with E-state index in [-0.39, 0.29) is 11.8 Å². The minimum Gasteiger partial charge on any atom is -0.378 e. The number of carbonyl (C=O) groups excluding carboxylic acids is 2. The average molecular weight is 415 g/mol. The maximum atomic E-state index is 12.6. The van der Waals surface area contributed by atoms with Gasteiger partial charge in [-0.1, -0.05) is 6.07 Å². The van der Waals surface area contributed by atoms with Gasteiger partial charge >= 0.3 is 0 Å². The molecule has 0 atom stereocenters. The molecular formula is C19H18N4O3S2. The fourth-order valence-electron chi connectivity index (χ4n) is 3.01. The molecule has 2 aromatic heterocycles. The van der Waals surface area contributed by atoms with Crippen molar-refractivity contribution in [1.29, 1.82) is 0 Å². The third-order valence-corrected chi connectivity index (χ3v) is 6.22. The Morgan fingerprint density at radius 1 is 1.32 bits per heavy atom. The van der Waals surface area contributed by atoms with E-state index < -0.39 is 0 Å². The van der Waals surface area contributed by atoms with Gasteiger partial charge in [0.1, 0.15) is 9.88 Å². The maximum absolute atomic E-state index is 12.6. The molecule has 0 aliphatic carbocycles. The van der Waals surface area contributed by atoms with Gasteiger partial charge in [-0.05, 0) is 31.0 Å². The first-order valence-corrected chi connectivity index (χ1v) is 10.4. The van der Waals surface area contributed by atoms with Crippen molar-refractivity contribution < 1.29 is 14.3 Å². The second-order valence-corrected chi connectivity index (χ2v) is 8.31. The molecule has 9 heteroatoms. The van der Waals surface area contributed by atoms with Gasteiger partial charge in [-0.15, -0.1) is 22.7 Å². The smallest absolute Gasteiger partial charge is 0.269 e. The topological polar surface area (TPSA) is 93.2 Å². The number of nitrogens with zero attached hydrogens (tertiary/aromatic N) is 2. The van der Waals surface area contributed by atoms with Gasteiger partial charge in [-0.3, -0.25) is 14.9 Å². The standard InChI is InChI=1S/C19H18N4O3S2/c1-10-17(28-16(20-10)8-26-2)18(25)23-19-22-14(9-27-19)12-3-5-13-11(7-12)4-6-15(24)21-13/h3,5,7,9H,4,6,8H2,1-2H3,(H,21,24)(H,22,23,25). The quantitative estimate of drug-likeness (QED) is 0.661. The first-order valence-electron chi connectivity index (χ1n) is 8.69. The van der Waals surface area contributed by atoms with Crippen LogP contribution in [0.4, 0.5) is 10.8 Å². The van der Waals surface area contributed by atoms with Gasteiger partial charge in [0, 0.05) is 30.2 Å². The highest BCUT2D eigenvalue weighted by atomic mass is 32.1. The molecule has 0 radical (unpaired) electrons. The van der Waals surface area contributed by atoms with Gasteiger partial charge in [0.05, 0.1) is 18.0 Å². The van der Waals surface area contributed by atoms with E-state index >= 15 is 0 Å². The van der Waals surface area contributed by atoms with Crippen molar-refractivity contribution in [2.75, 3.05) is 17.7 Å². The second kappa shape index (κ2) is 7.78. The predicted molar refractivity (Wildman–Crippen MR) is 110 cm³/mol. The zero-order chi connectivity index (χ0) is 19.7. The lowest BCUT2D eigenvalue weighted by molar-refractivity contribution is -0.116. The van der Waals surface area contributed by atoms with Crippen LogP contribution < -0.4 is 10.6 Å². The Morgan fingerprint density at radius 2 is 2.18 bits per heavy atom. The summed E-state index contributed by atoms with van der Waals surface area (Å²) in [4.78, 5) is 33.5. The van der Waals surface area contributed by atoms with Gasteiger partial charge in [-0.25, -0.2) is 9.97 Å². The predicted octanol–water partition coefficient (Wildman–Crippen LogP) is 3.86. The van der Waals surface area contributed by atoms with Crippen molar-refractivity contribution in [1.82, 2.24) is 9.97 Å². The van der Waals surface area contributed by atoms with E-state index in [0.717, 1.165) is 33.9 Å². The van der Waals surface area contributed by atoms with Crippen LogP contribution in [-0.2, 0) is 22.6 Å². The summed E-state index contributed by atoms with van der Waals surface area (Å²) in [6.45, 7) is 2.20. The number of thiazole rings is 2. The van der Waals surface area contributed by atoms with Crippen molar-refractivity contribution in [3.8, 4) is 11.3 Å². The van der Waals surface area contributed by atoms with Gasteiger partial charge in [0.2, 0.25) is 5.91 Å². The van der Waals surface area contributed by atoms with E-state index in [1.165, 1.54) is 22.7 Å². The highest BCUT2D eigenvalue weighted by Crippen LogP contribution is 2.31. The molecule has 4 rings (SSSR count). The van der Waals surface area contributed by atoms with Crippen LogP contribution >= 0.6 is 22.7 Å². The fraction of sp³-hybridized carbons (Fsp3) is 0.263. The average Bonchev–Trinajstić information content (AvgIpc) is 3.28. The van der Waals surface area contributed by atoms with Crippen molar-refractivity contribution in [2.45, 2.75) is 26.4 Å². The summed E-state index contributed by atoms with van der Waals surface area (Å²) in [5.74, 6) is -0.169. The SMILES string of the molecule is COCc1nc(C)c(C(=O)Nc2nc(-c3ccc4c(c3)CCC(=O)N4)cs2)s1. The van der Waals surface area contributed by atoms with Crippen LogP contribution in [0.3, 0.4) is 0 Å². The molecule has 0 bridgehead atoms. The molecule has 1 aliphatic rings. The highest BCUT2D eigenvalue weighted by molar-refractivity contribution is 7.15. The molecule has 1 aliphatic heterocycles. The first kappa shape index (κ1) is 18.7. The molecule has 28 heavy (non-hydrogen) atoms. The number of rotatable bonds is 5.